The van der Waals surface area contributed by atoms with Gasteiger partial charge >= 0.3 is 0 Å². The molecule has 2 heterocycles. The van der Waals surface area contributed by atoms with Crippen LogP contribution in [0.15, 0.2) is 23.1 Å². The first-order chi connectivity index (χ1) is 14.2. The number of nitrogens with zero attached hydrogens (tertiary/aromatic N) is 2. The van der Waals surface area contributed by atoms with E-state index < -0.39 is 10.0 Å². The van der Waals surface area contributed by atoms with Crippen molar-refractivity contribution in [1.82, 2.24) is 9.29 Å². The van der Waals surface area contributed by atoms with Gasteiger partial charge in [0.05, 0.1) is 10.7 Å². The number of aromatic nitrogens is 1. The number of hydrogen-bond donors (Lipinski definition) is 1. The number of thiazole rings is 1. The van der Waals surface area contributed by atoms with Crippen LogP contribution in [0.3, 0.4) is 0 Å². The summed E-state index contributed by atoms with van der Waals surface area (Å²) in [4.78, 5) is 18.6. The molecule has 1 aromatic carbocycles. The van der Waals surface area contributed by atoms with Gasteiger partial charge in [0.15, 0.2) is 5.13 Å². The lowest BCUT2D eigenvalue weighted by atomic mass is 9.93. The summed E-state index contributed by atoms with van der Waals surface area (Å²) in [6.07, 6.45) is 4.86. The zero-order chi connectivity index (χ0) is 21.5. The van der Waals surface area contributed by atoms with E-state index in [0.29, 0.717) is 30.1 Å². The molecule has 4 rings (SSSR count). The third kappa shape index (κ3) is 4.42. The van der Waals surface area contributed by atoms with Crippen molar-refractivity contribution >= 4 is 44.0 Å². The van der Waals surface area contributed by atoms with Crippen molar-refractivity contribution in [2.45, 2.75) is 50.8 Å². The number of nitrogens with one attached hydrogen (secondary N) is 1. The zero-order valence-electron chi connectivity index (χ0n) is 17.2. The molecule has 0 radical (unpaired) electrons. The van der Waals surface area contributed by atoms with Crippen LogP contribution in [0.5, 0.6) is 0 Å². The van der Waals surface area contributed by atoms with E-state index in [4.69, 9.17) is 11.6 Å². The van der Waals surface area contributed by atoms with Crippen molar-refractivity contribution in [3.63, 3.8) is 0 Å². The van der Waals surface area contributed by atoms with Crippen molar-refractivity contribution in [3.05, 3.63) is 39.4 Å². The fourth-order valence-corrected chi connectivity index (χ4v) is 7.37. The lowest BCUT2D eigenvalue weighted by Gasteiger charge is -2.30. The van der Waals surface area contributed by atoms with Gasteiger partial charge in [0.2, 0.25) is 10.0 Å². The number of hydrogen-bond acceptors (Lipinski definition) is 5. The van der Waals surface area contributed by atoms with Gasteiger partial charge in [-0.05, 0) is 62.1 Å². The van der Waals surface area contributed by atoms with E-state index in [2.05, 4.69) is 17.2 Å². The van der Waals surface area contributed by atoms with Crippen LogP contribution in [0, 0.1) is 11.8 Å². The third-order valence-electron chi connectivity index (χ3n) is 5.84. The van der Waals surface area contributed by atoms with Crippen molar-refractivity contribution < 1.29 is 13.2 Å². The van der Waals surface area contributed by atoms with Crippen LogP contribution in [-0.2, 0) is 22.9 Å². The van der Waals surface area contributed by atoms with Crippen LogP contribution in [0.25, 0.3) is 0 Å². The van der Waals surface area contributed by atoms with E-state index in [1.54, 1.807) is 6.07 Å². The van der Waals surface area contributed by atoms with E-state index in [9.17, 15) is 13.2 Å². The highest BCUT2D eigenvalue weighted by molar-refractivity contribution is 7.89. The second kappa shape index (κ2) is 8.57. The second-order valence-electron chi connectivity index (χ2n) is 8.45. The van der Waals surface area contributed by atoms with Crippen LogP contribution >= 0.6 is 22.9 Å². The van der Waals surface area contributed by atoms with Gasteiger partial charge in [-0.3, -0.25) is 10.1 Å². The second-order valence-corrected chi connectivity index (χ2v) is 11.8. The van der Waals surface area contributed by atoms with Gasteiger partial charge < -0.3 is 0 Å². The highest BCUT2D eigenvalue weighted by Gasteiger charge is 2.31. The maximum atomic E-state index is 13.1. The van der Waals surface area contributed by atoms with Crippen molar-refractivity contribution in [2.24, 2.45) is 11.8 Å². The van der Waals surface area contributed by atoms with Gasteiger partial charge in [-0.25, -0.2) is 13.4 Å². The van der Waals surface area contributed by atoms with Gasteiger partial charge in [-0.2, -0.15) is 4.31 Å². The summed E-state index contributed by atoms with van der Waals surface area (Å²) >= 11 is 7.74. The third-order valence-corrected chi connectivity index (χ3v) is 9.22. The minimum absolute atomic E-state index is 0.0156. The number of aryl methyl sites for hydroxylation is 1. The number of benzene rings is 1. The van der Waals surface area contributed by atoms with E-state index in [0.717, 1.165) is 37.8 Å². The molecule has 2 atom stereocenters. The number of sulfonamides is 1. The van der Waals surface area contributed by atoms with Gasteiger partial charge in [-0.15, -0.1) is 11.3 Å². The number of fused-ring (bicyclic) bond motifs is 1. The molecule has 1 fully saturated rings. The summed E-state index contributed by atoms with van der Waals surface area (Å²) in [6, 6.07) is 4.40. The standard InChI is InChI=1S/C21H26ClN3O3S2/c1-13-5-8-17-18(10-13)29-21(23-17)24-20(26)15-6-7-16(22)19(11-15)30(27,28)25-9-3-4-14(2)12-25/h6-7,11,13-14H,3-5,8-10,12H2,1-2H3,(H,23,24,26). The predicted octanol–water partition coefficient (Wildman–Crippen LogP) is 4.59. The highest BCUT2D eigenvalue weighted by Crippen LogP contribution is 2.33. The lowest BCUT2D eigenvalue weighted by molar-refractivity contribution is 0.102. The summed E-state index contributed by atoms with van der Waals surface area (Å²) in [5.74, 6) is 0.551. The molecule has 2 unspecified atom stereocenters. The molecule has 1 aliphatic heterocycles. The van der Waals surface area contributed by atoms with Crippen molar-refractivity contribution in [1.29, 1.82) is 0 Å². The molecular weight excluding hydrogens is 442 g/mol. The monoisotopic (exact) mass is 467 g/mol. The van der Waals surface area contributed by atoms with Crippen LogP contribution in [-0.4, -0.2) is 36.7 Å². The Hall–Kier alpha value is -1.48. The number of carbonyl (C=O) groups excluding carboxylic acids is 1. The predicted molar refractivity (Wildman–Crippen MR) is 120 cm³/mol. The lowest BCUT2D eigenvalue weighted by Crippen LogP contribution is -2.39. The SMILES string of the molecule is CC1CCc2nc(NC(=O)c3ccc(Cl)c(S(=O)(=O)N4CCCC(C)C4)c3)sc2C1. The van der Waals surface area contributed by atoms with Gasteiger partial charge in [0, 0.05) is 23.5 Å². The van der Waals surface area contributed by atoms with Crippen LogP contribution < -0.4 is 5.32 Å². The Bertz CT molecular complexity index is 1070. The van der Waals surface area contributed by atoms with Gasteiger partial charge in [0.1, 0.15) is 4.90 Å². The molecule has 2 aromatic rings. The first-order valence-corrected chi connectivity index (χ1v) is 13.0. The van der Waals surface area contributed by atoms with Crippen molar-refractivity contribution in [2.75, 3.05) is 18.4 Å². The largest absolute Gasteiger partial charge is 0.298 e. The minimum Gasteiger partial charge on any atom is -0.298 e. The Balaban J connectivity index is 1.56. The van der Waals surface area contributed by atoms with Gasteiger partial charge in [0.25, 0.3) is 5.91 Å². The molecule has 1 amide bonds. The Morgan fingerprint density at radius 2 is 2.07 bits per heavy atom. The quantitative estimate of drug-likeness (QED) is 0.712. The molecule has 1 aliphatic carbocycles. The summed E-state index contributed by atoms with van der Waals surface area (Å²) in [5, 5.41) is 3.52. The molecule has 1 saturated heterocycles. The van der Waals surface area contributed by atoms with Crippen LogP contribution in [0.2, 0.25) is 5.02 Å². The first-order valence-electron chi connectivity index (χ1n) is 10.3. The fourth-order valence-electron chi connectivity index (χ4n) is 4.11. The van der Waals surface area contributed by atoms with E-state index >= 15 is 0 Å². The minimum atomic E-state index is -3.75. The Morgan fingerprint density at radius 3 is 2.83 bits per heavy atom. The van der Waals surface area contributed by atoms with Crippen LogP contribution in [0.1, 0.15) is 54.0 Å². The molecule has 0 saturated carbocycles. The molecule has 1 N–H and O–H groups in total. The first kappa shape index (κ1) is 21.7. The molecule has 9 heteroatoms. The average Bonchev–Trinajstić information content (AvgIpc) is 3.09. The molecule has 162 valence electrons. The number of piperidine rings is 1. The highest BCUT2D eigenvalue weighted by atomic mass is 35.5. The topological polar surface area (TPSA) is 79.4 Å². The van der Waals surface area contributed by atoms with Gasteiger partial charge in [-0.1, -0.05) is 25.4 Å². The Labute approximate surface area is 186 Å². The molecule has 6 nitrogen and oxygen atoms in total. The van der Waals surface area contributed by atoms with E-state index in [1.807, 2.05) is 6.92 Å². The fraction of sp³-hybridized carbons (Fsp3) is 0.524. The molecule has 0 bridgehead atoms. The molecule has 0 spiro atoms. The number of halogens is 1. The number of anilines is 1. The number of rotatable bonds is 4. The van der Waals surface area contributed by atoms with Crippen LogP contribution in [0.4, 0.5) is 5.13 Å². The zero-order valence-corrected chi connectivity index (χ0v) is 19.5. The van der Waals surface area contributed by atoms with E-state index in [1.165, 1.54) is 32.7 Å². The van der Waals surface area contributed by atoms with Crippen molar-refractivity contribution in [3.8, 4) is 0 Å². The Kier molecular flexibility index (Phi) is 6.21. The smallest absolute Gasteiger partial charge is 0.257 e. The molecule has 1 aromatic heterocycles. The maximum Gasteiger partial charge on any atom is 0.257 e. The summed E-state index contributed by atoms with van der Waals surface area (Å²) in [7, 11) is -3.75. The van der Waals surface area contributed by atoms with E-state index in [-0.39, 0.29) is 21.4 Å². The summed E-state index contributed by atoms with van der Waals surface area (Å²) < 4.78 is 27.8. The Morgan fingerprint density at radius 1 is 1.27 bits per heavy atom. The molecule has 30 heavy (non-hydrogen) atoms. The summed E-state index contributed by atoms with van der Waals surface area (Å²) in [6.45, 7) is 5.21. The molecular formula is C21H26ClN3O3S2. The molecule has 2 aliphatic rings. The average molecular weight is 468 g/mol. The maximum absolute atomic E-state index is 13.1. The summed E-state index contributed by atoms with van der Waals surface area (Å²) in [5.41, 5.74) is 1.32. The normalized spacial score (nSPS) is 22.5. The number of carbonyl (C=O) groups is 1. The number of amides is 1.